The molecule has 0 unspecified atom stereocenters. The molecule has 0 saturated carbocycles. The average molecular weight is 309 g/mol. The van der Waals surface area contributed by atoms with Crippen LogP contribution in [0.2, 0.25) is 0 Å². The van der Waals surface area contributed by atoms with Crippen LogP contribution in [0.25, 0.3) is 0 Å². The van der Waals surface area contributed by atoms with E-state index in [1.54, 1.807) is 7.05 Å². The number of amides is 1. The highest BCUT2D eigenvalue weighted by Crippen LogP contribution is 2.17. The van der Waals surface area contributed by atoms with Gasteiger partial charge in [-0.05, 0) is 31.7 Å². The summed E-state index contributed by atoms with van der Waals surface area (Å²) in [4.78, 5) is 24.1. The molecule has 0 saturated heterocycles. The minimum absolute atomic E-state index is 0.0212. The number of aromatic nitrogens is 2. The van der Waals surface area contributed by atoms with Crippen LogP contribution >= 0.6 is 0 Å². The molecule has 1 aromatic rings. The molecule has 1 heterocycles. The third-order valence-corrected chi connectivity index (χ3v) is 3.75. The SMILES string of the molecule is Cc1nn(CC(C)C)c(C)c1CCC(=O)N(C)CCC(=O)O. The molecule has 124 valence electrons. The van der Waals surface area contributed by atoms with Gasteiger partial charge in [-0.3, -0.25) is 14.3 Å². The second-order valence-corrected chi connectivity index (χ2v) is 6.18. The van der Waals surface area contributed by atoms with Crippen molar-refractivity contribution in [1.82, 2.24) is 14.7 Å². The Hall–Kier alpha value is -1.85. The zero-order valence-electron chi connectivity index (χ0n) is 14.2. The standard InChI is InChI=1S/C16H27N3O3/c1-11(2)10-19-13(4)14(12(3)17-19)6-7-15(20)18(5)9-8-16(21)22/h11H,6-10H2,1-5H3,(H,21,22). The van der Waals surface area contributed by atoms with E-state index in [0.717, 1.165) is 23.5 Å². The Balaban J connectivity index is 2.62. The van der Waals surface area contributed by atoms with Crippen LogP contribution in [0.5, 0.6) is 0 Å². The van der Waals surface area contributed by atoms with Crippen LogP contribution in [0.4, 0.5) is 0 Å². The van der Waals surface area contributed by atoms with Crippen molar-refractivity contribution in [2.75, 3.05) is 13.6 Å². The number of rotatable bonds is 8. The first-order chi connectivity index (χ1) is 10.2. The smallest absolute Gasteiger partial charge is 0.305 e. The van der Waals surface area contributed by atoms with Crippen LogP contribution < -0.4 is 0 Å². The van der Waals surface area contributed by atoms with E-state index in [9.17, 15) is 9.59 Å². The van der Waals surface area contributed by atoms with Crippen molar-refractivity contribution in [3.05, 3.63) is 17.0 Å². The van der Waals surface area contributed by atoms with E-state index in [2.05, 4.69) is 18.9 Å². The Morgan fingerprint density at radius 2 is 1.91 bits per heavy atom. The molecule has 6 heteroatoms. The van der Waals surface area contributed by atoms with E-state index >= 15 is 0 Å². The first-order valence-electron chi connectivity index (χ1n) is 7.71. The van der Waals surface area contributed by atoms with Gasteiger partial charge in [-0.1, -0.05) is 13.8 Å². The highest BCUT2D eigenvalue weighted by atomic mass is 16.4. The number of aryl methyl sites for hydroxylation is 1. The maximum Gasteiger partial charge on any atom is 0.305 e. The molecular weight excluding hydrogens is 282 g/mol. The van der Waals surface area contributed by atoms with Gasteiger partial charge >= 0.3 is 5.97 Å². The lowest BCUT2D eigenvalue weighted by Gasteiger charge is -2.16. The fourth-order valence-corrected chi connectivity index (χ4v) is 2.43. The molecular formula is C16H27N3O3. The van der Waals surface area contributed by atoms with Crippen molar-refractivity contribution in [2.45, 2.75) is 53.5 Å². The molecule has 6 nitrogen and oxygen atoms in total. The first-order valence-corrected chi connectivity index (χ1v) is 7.71. The van der Waals surface area contributed by atoms with Crippen molar-refractivity contribution in [3.63, 3.8) is 0 Å². The Kier molecular flexibility index (Phi) is 6.59. The van der Waals surface area contributed by atoms with E-state index in [4.69, 9.17) is 5.11 Å². The highest BCUT2D eigenvalue weighted by molar-refractivity contribution is 5.77. The lowest BCUT2D eigenvalue weighted by atomic mass is 10.1. The van der Waals surface area contributed by atoms with Gasteiger partial charge in [0.25, 0.3) is 0 Å². The lowest BCUT2D eigenvalue weighted by Crippen LogP contribution is -2.29. The third kappa shape index (κ3) is 5.16. The second kappa shape index (κ2) is 7.96. The molecule has 1 aromatic heterocycles. The van der Waals surface area contributed by atoms with Crippen LogP contribution in [0, 0.1) is 19.8 Å². The van der Waals surface area contributed by atoms with Gasteiger partial charge in [0.05, 0.1) is 12.1 Å². The van der Waals surface area contributed by atoms with E-state index in [1.165, 1.54) is 4.90 Å². The maximum absolute atomic E-state index is 12.0. The fraction of sp³-hybridized carbons (Fsp3) is 0.688. The summed E-state index contributed by atoms with van der Waals surface area (Å²) in [6, 6.07) is 0. The van der Waals surface area contributed by atoms with Crippen LogP contribution in [0.1, 0.15) is 43.6 Å². The molecule has 0 bridgehead atoms. The van der Waals surface area contributed by atoms with Crippen LogP contribution in [0.3, 0.4) is 0 Å². The molecule has 1 rings (SSSR count). The molecule has 0 aliphatic heterocycles. The van der Waals surface area contributed by atoms with E-state index in [-0.39, 0.29) is 18.9 Å². The number of carboxylic acid groups (broad SMARTS) is 1. The number of hydrogen-bond acceptors (Lipinski definition) is 3. The number of hydrogen-bond donors (Lipinski definition) is 1. The Labute approximate surface area is 132 Å². The van der Waals surface area contributed by atoms with Gasteiger partial charge in [0, 0.05) is 32.3 Å². The summed E-state index contributed by atoms with van der Waals surface area (Å²) >= 11 is 0. The quantitative estimate of drug-likeness (QED) is 0.797. The van der Waals surface area contributed by atoms with Gasteiger partial charge in [-0.2, -0.15) is 5.10 Å². The van der Waals surface area contributed by atoms with Crippen LogP contribution in [-0.2, 0) is 22.6 Å². The van der Waals surface area contributed by atoms with Crippen molar-refractivity contribution < 1.29 is 14.7 Å². The van der Waals surface area contributed by atoms with Gasteiger partial charge in [0.15, 0.2) is 0 Å². The maximum atomic E-state index is 12.0. The molecule has 1 N–H and O–H groups in total. The molecule has 0 aliphatic carbocycles. The average Bonchev–Trinajstić information content (AvgIpc) is 2.67. The van der Waals surface area contributed by atoms with E-state index in [0.29, 0.717) is 18.8 Å². The van der Waals surface area contributed by atoms with Crippen molar-refractivity contribution in [1.29, 1.82) is 0 Å². The van der Waals surface area contributed by atoms with Gasteiger partial charge in [0.1, 0.15) is 0 Å². The van der Waals surface area contributed by atoms with Gasteiger partial charge in [-0.15, -0.1) is 0 Å². The Morgan fingerprint density at radius 1 is 1.27 bits per heavy atom. The zero-order chi connectivity index (χ0) is 16.9. The van der Waals surface area contributed by atoms with Crippen LogP contribution in [-0.4, -0.2) is 45.3 Å². The molecule has 0 spiro atoms. The number of carbonyl (C=O) groups is 2. The molecule has 0 aromatic carbocycles. The van der Waals surface area contributed by atoms with Crippen molar-refractivity contribution in [2.24, 2.45) is 5.92 Å². The summed E-state index contributed by atoms with van der Waals surface area (Å²) in [5.41, 5.74) is 3.21. The zero-order valence-corrected chi connectivity index (χ0v) is 14.2. The van der Waals surface area contributed by atoms with E-state index in [1.807, 2.05) is 18.5 Å². The largest absolute Gasteiger partial charge is 0.481 e. The Bertz CT molecular complexity index is 535. The Morgan fingerprint density at radius 3 is 2.45 bits per heavy atom. The summed E-state index contributed by atoms with van der Waals surface area (Å²) in [5.74, 6) is -0.396. The predicted octanol–water partition coefficient (Wildman–Crippen LogP) is 2.02. The molecule has 0 aliphatic rings. The molecule has 22 heavy (non-hydrogen) atoms. The number of aliphatic carboxylic acids is 1. The van der Waals surface area contributed by atoms with Gasteiger partial charge < -0.3 is 10.0 Å². The molecule has 1 amide bonds. The van der Waals surface area contributed by atoms with Crippen molar-refractivity contribution in [3.8, 4) is 0 Å². The molecule has 0 radical (unpaired) electrons. The third-order valence-electron chi connectivity index (χ3n) is 3.75. The van der Waals surface area contributed by atoms with Crippen molar-refractivity contribution >= 4 is 11.9 Å². The fourth-order valence-electron chi connectivity index (χ4n) is 2.43. The highest BCUT2D eigenvalue weighted by Gasteiger charge is 2.15. The van der Waals surface area contributed by atoms with Gasteiger partial charge in [0.2, 0.25) is 5.91 Å². The number of carbonyl (C=O) groups excluding carboxylic acids is 1. The lowest BCUT2D eigenvalue weighted by molar-refractivity contribution is -0.138. The summed E-state index contributed by atoms with van der Waals surface area (Å²) in [6.45, 7) is 9.43. The molecule has 0 fully saturated rings. The number of carboxylic acids is 1. The summed E-state index contributed by atoms with van der Waals surface area (Å²) in [5, 5.41) is 13.2. The summed E-state index contributed by atoms with van der Waals surface area (Å²) in [6.07, 6.45) is 1.00. The predicted molar refractivity (Wildman–Crippen MR) is 84.7 cm³/mol. The topological polar surface area (TPSA) is 75.4 Å². The molecule has 0 atom stereocenters. The number of nitrogens with zero attached hydrogens (tertiary/aromatic N) is 3. The normalized spacial score (nSPS) is 11.0. The van der Waals surface area contributed by atoms with Crippen LogP contribution in [0.15, 0.2) is 0 Å². The minimum Gasteiger partial charge on any atom is -0.481 e. The summed E-state index contributed by atoms with van der Waals surface area (Å²) < 4.78 is 2.01. The summed E-state index contributed by atoms with van der Waals surface area (Å²) in [7, 11) is 1.65. The second-order valence-electron chi connectivity index (χ2n) is 6.18. The van der Waals surface area contributed by atoms with Gasteiger partial charge in [-0.25, -0.2) is 0 Å². The first kappa shape index (κ1) is 18.2. The monoisotopic (exact) mass is 309 g/mol. The minimum atomic E-state index is -0.888. The van der Waals surface area contributed by atoms with E-state index < -0.39 is 5.97 Å².